The van der Waals surface area contributed by atoms with Crippen LogP contribution in [-0.4, -0.2) is 23.7 Å². The van der Waals surface area contributed by atoms with E-state index in [-0.39, 0.29) is 6.42 Å². The van der Waals surface area contributed by atoms with Crippen LogP contribution in [0.1, 0.15) is 32.6 Å². The summed E-state index contributed by atoms with van der Waals surface area (Å²) in [5.74, 6) is 1.65. The Morgan fingerprint density at radius 2 is 2.31 bits per heavy atom. The van der Waals surface area contributed by atoms with Crippen molar-refractivity contribution in [2.24, 2.45) is 17.8 Å². The van der Waals surface area contributed by atoms with Crippen LogP contribution in [0.15, 0.2) is 12.2 Å². The van der Waals surface area contributed by atoms with Gasteiger partial charge < -0.3 is 10.4 Å². The first-order valence-electron chi connectivity index (χ1n) is 6.30. The third kappa shape index (κ3) is 2.64. The molecule has 4 unspecified atom stereocenters. The number of rotatable bonds is 6. The van der Waals surface area contributed by atoms with Gasteiger partial charge in [0.1, 0.15) is 0 Å². The summed E-state index contributed by atoms with van der Waals surface area (Å²) in [4.78, 5) is 10.4. The molecule has 0 aliphatic heterocycles. The van der Waals surface area contributed by atoms with Gasteiger partial charge in [0.2, 0.25) is 0 Å². The van der Waals surface area contributed by atoms with Gasteiger partial charge in [0.05, 0.1) is 0 Å². The van der Waals surface area contributed by atoms with Crippen LogP contribution >= 0.6 is 0 Å². The monoisotopic (exact) mass is 223 g/mol. The smallest absolute Gasteiger partial charge is 0.303 e. The zero-order chi connectivity index (χ0) is 11.5. The van der Waals surface area contributed by atoms with E-state index in [4.69, 9.17) is 5.11 Å². The number of nitrogens with one attached hydrogen (secondary N) is 1. The molecule has 0 heterocycles. The largest absolute Gasteiger partial charge is 0.481 e. The fraction of sp³-hybridized carbons (Fsp3) is 0.769. The number of fused-ring (bicyclic) bond motifs is 2. The van der Waals surface area contributed by atoms with Crippen molar-refractivity contribution in [3.63, 3.8) is 0 Å². The molecule has 2 aliphatic rings. The van der Waals surface area contributed by atoms with Crippen LogP contribution in [0.2, 0.25) is 0 Å². The van der Waals surface area contributed by atoms with E-state index < -0.39 is 5.97 Å². The summed E-state index contributed by atoms with van der Waals surface area (Å²) in [6, 6.07) is 0.522. The molecule has 0 saturated heterocycles. The van der Waals surface area contributed by atoms with E-state index in [9.17, 15) is 4.79 Å². The summed E-state index contributed by atoms with van der Waals surface area (Å²) in [6.45, 7) is 3.06. The number of allylic oxidation sites excluding steroid dienone is 2. The first kappa shape index (κ1) is 11.6. The number of aliphatic carboxylic acids is 1. The molecule has 4 atom stereocenters. The second-order valence-electron chi connectivity index (χ2n) is 5.18. The topological polar surface area (TPSA) is 49.3 Å². The SMILES string of the molecule is CC(NCCCC(=O)O)C1CC2C=CC1C2. The van der Waals surface area contributed by atoms with Gasteiger partial charge in [0, 0.05) is 12.5 Å². The zero-order valence-electron chi connectivity index (χ0n) is 9.86. The van der Waals surface area contributed by atoms with Crippen LogP contribution in [0.4, 0.5) is 0 Å². The van der Waals surface area contributed by atoms with E-state index >= 15 is 0 Å². The highest BCUT2D eigenvalue weighted by Gasteiger charge is 2.38. The molecule has 3 nitrogen and oxygen atoms in total. The fourth-order valence-electron chi connectivity index (χ4n) is 3.12. The molecule has 2 rings (SSSR count). The lowest BCUT2D eigenvalue weighted by molar-refractivity contribution is -0.137. The van der Waals surface area contributed by atoms with Gasteiger partial charge >= 0.3 is 5.97 Å². The van der Waals surface area contributed by atoms with Crippen molar-refractivity contribution in [3.05, 3.63) is 12.2 Å². The molecular weight excluding hydrogens is 202 g/mol. The number of carboxylic acids is 1. The third-order valence-electron chi connectivity index (χ3n) is 4.01. The molecule has 3 heteroatoms. The first-order valence-corrected chi connectivity index (χ1v) is 6.30. The second kappa shape index (κ2) is 5.00. The van der Waals surface area contributed by atoms with E-state index in [1.807, 2.05) is 0 Å². The molecule has 2 N–H and O–H groups in total. The van der Waals surface area contributed by atoms with E-state index in [1.54, 1.807) is 0 Å². The maximum atomic E-state index is 10.4. The van der Waals surface area contributed by atoms with Crippen molar-refractivity contribution in [2.45, 2.75) is 38.6 Å². The molecule has 1 fully saturated rings. The summed E-state index contributed by atoms with van der Waals surface area (Å²) in [6.07, 6.45) is 8.39. The first-order chi connectivity index (χ1) is 7.66. The summed E-state index contributed by atoms with van der Waals surface area (Å²) < 4.78 is 0. The lowest BCUT2D eigenvalue weighted by Gasteiger charge is -2.26. The number of carbonyl (C=O) groups is 1. The van der Waals surface area contributed by atoms with Crippen LogP contribution in [0, 0.1) is 17.8 Å². The minimum Gasteiger partial charge on any atom is -0.481 e. The number of hydrogen-bond acceptors (Lipinski definition) is 2. The Balaban J connectivity index is 1.66. The van der Waals surface area contributed by atoms with Crippen molar-refractivity contribution in [2.75, 3.05) is 6.54 Å². The van der Waals surface area contributed by atoms with Crippen LogP contribution in [-0.2, 0) is 4.79 Å². The Morgan fingerprint density at radius 3 is 2.88 bits per heavy atom. The van der Waals surface area contributed by atoms with E-state index in [1.165, 1.54) is 12.8 Å². The predicted molar refractivity (Wildman–Crippen MR) is 63.2 cm³/mol. The van der Waals surface area contributed by atoms with Crippen molar-refractivity contribution >= 4 is 5.97 Å². The van der Waals surface area contributed by atoms with E-state index in [0.717, 1.165) is 30.7 Å². The minimum absolute atomic E-state index is 0.274. The Bertz CT molecular complexity index is 288. The maximum absolute atomic E-state index is 10.4. The standard InChI is InChI=1S/C13H21NO2/c1-9(14-6-2-3-13(15)16)12-8-10-4-5-11(12)7-10/h4-5,9-12,14H,2-3,6-8H2,1H3,(H,15,16). The van der Waals surface area contributed by atoms with Gasteiger partial charge in [-0.1, -0.05) is 12.2 Å². The Kier molecular flexibility index (Phi) is 3.64. The molecule has 2 bridgehead atoms. The van der Waals surface area contributed by atoms with Gasteiger partial charge in [0.15, 0.2) is 0 Å². The Labute approximate surface area is 96.9 Å². The van der Waals surface area contributed by atoms with Crippen molar-refractivity contribution in [1.29, 1.82) is 0 Å². The van der Waals surface area contributed by atoms with Crippen molar-refractivity contribution < 1.29 is 9.90 Å². The van der Waals surface area contributed by atoms with E-state index in [0.29, 0.717) is 6.04 Å². The van der Waals surface area contributed by atoms with Gasteiger partial charge in [-0.05, 0) is 50.5 Å². The van der Waals surface area contributed by atoms with Gasteiger partial charge in [0.25, 0.3) is 0 Å². The highest BCUT2D eigenvalue weighted by molar-refractivity contribution is 5.66. The molecule has 2 aliphatic carbocycles. The summed E-state index contributed by atoms with van der Waals surface area (Å²) >= 11 is 0. The minimum atomic E-state index is -0.697. The second-order valence-corrected chi connectivity index (χ2v) is 5.18. The Morgan fingerprint density at radius 1 is 1.50 bits per heavy atom. The molecule has 0 amide bonds. The van der Waals surface area contributed by atoms with Gasteiger partial charge in [-0.2, -0.15) is 0 Å². The van der Waals surface area contributed by atoms with E-state index in [2.05, 4.69) is 24.4 Å². The van der Waals surface area contributed by atoms with Gasteiger partial charge in [-0.3, -0.25) is 4.79 Å². The quantitative estimate of drug-likeness (QED) is 0.535. The van der Waals surface area contributed by atoms with Crippen molar-refractivity contribution in [1.82, 2.24) is 5.32 Å². The van der Waals surface area contributed by atoms with Crippen LogP contribution in [0.25, 0.3) is 0 Å². The number of carboxylic acid groups (broad SMARTS) is 1. The third-order valence-corrected chi connectivity index (χ3v) is 4.01. The van der Waals surface area contributed by atoms with Crippen LogP contribution in [0.5, 0.6) is 0 Å². The Hall–Kier alpha value is -0.830. The molecule has 0 radical (unpaired) electrons. The van der Waals surface area contributed by atoms with Crippen LogP contribution in [0.3, 0.4) is 0 Å². The lowest BCUT2D eigenvalue weighted by Crippen LogP contribution is -2.36. The predicted octanol–water partition coefficient (Wildman–Crippen LogP) is 2.04. The van der Waals surface area contributed by atoms with Gasteiger partial charge in [-0.15, -0.1) is 0 Å². The molecule has 16 heavy (non-hydrogen) atoms. The molecule has 1 saturated carbocycles. The molecule has 0 aromatic rings. The summed E-state index contributed by atoms with van der Waals surface area (Å²) in [5, 5.41) is 12.0. The molecule has 90 valence electrons. The average molecular weight is 223 g/mol. The van der Waals surface area contributed by atoms with Crippen molar-refractivity contribution in [3.8, 4) is 0 Å². The lowest BCUT2D eigenvalue weighted by atomic mass is 9.87. The fourth-order valence-corrected chi connectivity index (χ4v) is 3.12. The molecule has 0 aromatic heterocycles. The summed E-state index contributed by atoms with van der Waals surface area (Å²) in [5.41, 5.74) is 0. The number of hydrogen-bond donors (Lipinski definition) is 2. The summed E-state index contributed by atoms with van der Waals surface area (Å²) in [7, 11) is 0. The maximum Gasteiger partial charge on any atom is 0.303 e. The highest BCUT2D eigenvalue weighted by atomic mass is 16.4. The average Bonchev–Trinajstić information content (AvgIpc) is 2.85. The molecular formula is C13H21NO2. The highest BCUT2D eigenvalue weighted by Crippen LogP contribution is 2.44. The van der Waals surface area contributed by atoms with Crippen LogP contribution < -0.4 is 5.32 Å². The normalized spacial score (nSPS) is 33.2. The molecule has 0 aromatic carbocycles. The van der Waals surface area contributed by atoms with Gasteiger partial charge in [-0.25, -0.2) is 0 Å². The zero-order valence-corrected chi connectivity index (χ0v) is 9.86. The molecule has 0 spiro atoms.